The van der Waals surface area contributed by atoms with Crippen LogP contribution in [0.15, 0.2) is 35.2 Å². The van der Waals surface area contributed by atoms with Crippen molar-refractivity contribution in [2.24, 2.45) is 7.05 Å². The number of hydrogen-bond donors (Lipinski definition) is 0. The fraction of sp³-hybridized carbons (Fsp3) is 0.500. The van der Waals surface area contributed by atoms with Gasteiger partial charge in [-0.2, -0.15) is 5.10 Å². The Bertz CT molecular complexity index is 715. The zero-order chi connectivity index (χ0) is 17.1. The maximum atomic E-state index is 12.5. The molecular weight excluding hydrogens is 322 g/mol. The molecule has 0 unspecified atom stereocenters. The standard InChI is InChI=1S/C18H25N3O2S/c1-14-17(18(23-3)20(2)19-14)16-10-7-11-21(16)12-13-24(22)15-8-5-4-6-9-15/h4-6,8-9,16H,7,10-13H2,1-3H3/t16-,24-/m1/s1. The molecule has 3 rings (SSSR count). The van der Waals surface area contributed by atoms with Crippen LogP contribution >= 0.6 is 0 Å². The Labute approximate surface area is 146 Å². The van der Waals surface area contributed by atoms with Gasteiger partial charge < -0.3 is 4.74 Å². The highest BCUT2D eigenvalue weighted by molar-refractivity contribution is 7.85. The first-order chi connectivity index (χ1) is 11.6. The SMILES string of the molecule is COc1c([C@H]2CCCN2CC[S@@](=O)c2ccccc2)c(C)nn1C. The van der Waals surface area contributed by atoms with E-state index in [0.717, 1.165) is 42.4 Å². The van der Waals surface area contributed by atoms with E-state index in [-0.39, 0.29) is 0 Å². The van der Waals surface area contributed by atoms with E-state index in [1.165, 1.54) is 5.56 Å². The van der Waals surface area contributed by atoms with Crippen molar-refractivity contribution in [3.05, 3.63) is 41.6 Å². The van der Waals surface area contributed by atoms with Gasteiger partial charge in [0.1, 0.15) is 0 Å². The zero-order valence-corrected chi connectivity index (χ0v) is 15.4. The molecule has 1 aromatic carbocycles. The molecule has 2 atom stereocenters. The Kier molecular flexibility index (Phi) is 5.36. The van der Waals surface area contributed by atoms with Gasteiger partial charge in [0.15, 0.2) is 0 Å². The monoisotopic (exact) mass is 347 g/mol. The molecule has 6 heteroatoms. The van der Waals surface area contributed by atoms with Gasteiger partial charge in [-0.3, -0.25) is 9.11 Å². The van der Waals surface area contributed by atoms with E-state index in [1.54, 1.807) is 7.11 Å². The molecular formula is C18H25N3O2S. The lowest BCUT2D eigenvalue weighted by Gasteiger charge is -2.24. The molecule has 0 spiro atoms. The molecule has 1 aliphatic heterocycles. The van der Waals surface area contributed by atoms with Crippen molar-refractivity contribution in [3.63, 3.8) is 0 Å². The van der Waals surface area contributed by atoms with Gasteiger partial charge in [-0.15, -0.1) is 0 Å². The summed E-state index contributed by atoms with van der Waals surface area (Å²) < 4.78 is 19.9. The number of nitrogens with zero attached hydrogens (tertiary/aromatic N) is 3. The number of rotatable bonds is 6. The fourth-order valence-corrected chi connectivity index (χ4v) is 4.69. The Morgan fingerprint density at radius 3 is 2.79 bits per heavy atom. The van der Waals surface area contributed by atoms with E-state index < -0.39 is 10.8 Å². The molecule has 1 saturated heterocycles. The molecule has 0 saturated carbocycles. The smallest absolute Gasteiger partial charge is 0.216 e. The number of ether oxygens (including phenoxy) is 1. The molecule has 0 bridgehead atoms. The molecule has 1 aliphatic rings. The van der Waals surface area contributed by atoms with Gasteiger partial charge in [0, 0.05) is 30.3 Å². The van der Waals surface area contributed by atoms with Crippen molar-refractivity contribution in [1.29, 1.82) is 0 Å². The van der Waals surface area contributed by atoms with Gasteiger partial charge in [-0.1, -0.05) is 18.2 Å². The first-order valence-corrected chi connectivity index (χ1v) is 9.68. The van der Waals surface area contributed by atoms with Gasteiger partial charge >= 0.3 is 0 Å². The summed E-state index contributed by atoms with van der Waals surface area (Å²) in [6, 6.07) is 10.0. The van der Waals surface area contributed by atoms with E-state index in [0.29, 0.717) is 11.8 Å². The summed E-state index contributed by atoms with van der Waals surface area (Å²) in [4.78, 5) is 3.33. The maximum Gasteiger partial charge on any atom is 0.216 e. The van der Waals surface area contributed by atoms with Crippen LogP contribution in [-0.2, 0) is 17.8 Å². The number of aromatic nitrogens is 2. The third-order valence-electron chi connectivity index (χ3n) is 4.67. The summed E-state index contributed by atoms with van der Waals surface area (Å²) in [6.07, 6.45) is 2.25. The summed E-state index contributed by atoms with van der Waals surface area (Å²) in [7, 11) is 2.66. The highest BCUT2D eigenvalue weighted by Gasteiger charge is 2.32. The second-order valence-corrected chi connectivity index (χ2v) is 7.76. The van der Waals surface area contributed by atoms with Crippen LogP contribution in [0.1, 0.15) is 30.1 Å². The minimum Gasteiger partial charge on any atom is -0.481 e. The van der Waals surface area contributed by atoms with Crippen LogP contribution in [0.5, 0.6) is 5.88 Å². The first kappa shape index (κ1) is 17.2. The van der Waals surface area contributed by atoms with Crippen LogP contribution in [0.4, 0.5) is 0 Å². The lowest BCUT2D eigenvalue weighted by molar-refractivity contribution is 0.263. The molecule has 0 N–H and O–H groups in total. The van der Waals surface area contributed by atoms with Gasteiger partial charge in [-0.05, 0) is 38.4 Å². The van der Waals surface area contributed by atoms with Gasteiger partial charge in [-0.25, -0.2) is 4.68 Å². The van der Waals surface area contributed by atoms with E-state index in [1.807, 2.05) is 49.0 Å². The molecule has 1 aromatic heterocycles. The molecule has 2 heterocycles. The summed E-state index contributed by atoms with van der Waals surface area (Å²) in [5, 5.41) is 4.51. The van der Waals surface area contributed by atoms with Crippen LogP contribution in [-0.4, -0.2) is 44.8 Å². The molecule has 1 fully saturated rings. The molecule has 0 radical (unpaired) electrons. The van der Waals surface area contributed by atoms with Crippen molar-refractivity contribution in [3.8, 4) is 5.88 Å². The molecule has 0 aliphatic carbocycles. The summed E-state index contributed by atoms with van der Waals surface area (Å²) >= 11 is 0. The lowest BCUT2D eigenvalue weighted by Crippen LogP contribution is -2.28. The van der Waals surface area contributed by atoms with Gasteiger partial charge in [0.2, 0.25) is 5.88 Å². The normalized spacial score (nSPS) is 19.5. The summed E-state index contributed by atoms with van der Waals surface area (Å²) in [5.74, 6) is 1.50. The van der Waals surface area contributed by atoms with Crippen LogP contribution in [0.3, 0.4) is 0 Å². The minimum atomic E-state index is -0.952. The van der Waals surface area contributed by atoms with E-state index in [4.69, 9.17) is 4.74 Å². The van der Waals surface area contributed by atoms with Crippen LogP contribution in [0.25, 0.3) is 0 Å². The quantitative estimate of drug-likeness (QED) is 0.806. The van der Waals surface area contributed by atoms with Gasteiger partial charge in [0.25, 0.3) is 0 Å². The first-order valence-electron chi connectivity index (χ1n) is 8.36. The molecule has 0 amide bonds. The zero-order valence-electron chi connectivity index (χ0n) is 14.6. The number of methoxy groups -OCH3 is 1. The van der Waals surface area contributed by atoms with Crippen LogP contribution in [0.2, 0.25) is 0 Å². The molecule has 5 nitrogen and oxygen atoms in total. The Morgan fingerprint density at radius 2 is 2.08 bits per heavy atom. The topological polar surface area (TPSA) is 47.4 Å². The molecule has 24 heavy (non-hydrogen) atoms. The summed E-state index contributed by atoms with van der Waals surface area (Å²) in [6.45, 7) is 3.90. The lowest BCUT2D eigenvalue weighted by atomic mass is 10.1. The Hall–Kier alpha value is -1.66. The van der Waals surface area contributed by atoms with Crippen molar-refractivity contribution in [2.45, 2.75) is 30.7 Å². The predicted molar refractivity (Wildman–Crippen MR) is 95.8 cm³/mol. The number of aryl methyl sites for hydroxylation is 2. The van der Waals surface area contributed by atoms with Crippen molar-refractivity contribution in [1.82, 2.24) is 14.7 Å². The maximum absolute atomic E-state index is 12.5. The van der Waals surface area contributed by atoms with Crippen molar-refractivity contribution >= 4 is 10.8 Å². The largest absolute Gasteiger partial charge is 0.481 e. The second-order valence-electron chi connectivity index (χ2n) is 6.19. The predicted octanol–water partition coefficient (Wildman–Crippen LogP) is 2.68. The molecule has 130 valence electrons. The van der Waals surface area contributed by atoms with Crippen molar-refractivity contribution in [2.75, 3.05) is 26.0 Å². The van der Waals surface area contributed by atoms with E-state index in [2.05, 4.69) is 10.00 Å². The van der Waals surface area contributed by atoms with Crippen LogP contribution < -0.4 is 4.74 Å². The average Bonchev–Trinajstić information content (AvgIpc) is 3.16. The van der Waals surface area contributed by atoms with Crippen LogP contribution in [0, 0.1) is 6.92 Å². The second kappa shape index (κ2) is 7.49. The summed E-state index contributed by atoms with van der Waals surface area (Å²) in [5.41, 5.74) is 2.21. The third-order valence-corrected chi connectivity index (χ3v) is 6.03. The average molecular weight is 347 g/mol. The number of benzene rings is 1. The Morgan fingerprint density at radius 1 is 1.33 bits per heavy atom. The highest BCUT2D eigenvalue weighted by atomic mass is 32.2. The van der Waals surface area contributed by atoms with E-state index in [9.17, 15) is 4.21 Å². The molecule has 2 aromatic rings. The number of likely N-dealkylation sites (tertiary alicyclic amines) is 1. The van der Waals surface area contributed by atoms with Crippen molar-refractivity contribution < 1.29 is 8.95 Å². The minimum absolute atomic E-state index is 0.307. The van der Waals surface area contributed by atoms with Gasteiger partial charge in [0.05, 0.1) is 29.2 Å². The fourth-order valence-electron chi connectivity index (χ4n) is 3.59. The third kappa shape index (κ3) is 3.39. The van der Waals surface area contributed by atoms with E-state index >= 15 is 0 Å². The highest BCUT2D eigenvalue weighted by Crippen LogP contribution is 2.38. The Balaban J connectivity index is 1.71. The number of hydrogen-bond acceptors (Lipinski definition) is 4.